The molecule has 0 spiro atoms. The van der Waals surface area contributed by atoms with Crippen LogP contribution in [0.1, 0.15) is 39.2 Å². The summed E-state index contributed by atoms with van der Waals surface area (Å²) in [5.41, 5.74) is 7.18. The lowest BCUT2D eigenvalue weighted by atomic mass is 9.75. The van der Waals surface area contributed by atoms with Crippen LogP contribution in [0.4, 0.5) is 0 Å². The van der Waals surface area contributed by atoms with Crippen LogP contribution in [0.3, 0.4) is 0 Å². The van der Waals surface area contributed by atoms with Gasteiger partial charge < -0.3 is 19.9 Å². The third-order valence-corrected chi connectivity index (χ3v) is 4.48. The van der Waals surface area contributed by atoms with E-state index < -0.39 is 29.7 Å². The molecule has 2 atom stereocenters. The van der Waals surface area contributed by atoms with Crippen molar-refractivity contribution in [1.29, 1.82) is 0 Å². The van der Waals surface area contributed by atoms with Gasteiger partial charge in [0.25, 0.3) is 5.91 Å². The highest BCUT2D eigenvalue weighted by Crippen LogP contribution is 2.40. The van der Waals surface area contributed by atoms with Gasteiger partial charge in [-0.15, -0.1) is 0 Å². The fourth-order valence-corrected chi connectivity index (χ4v) is 3.33. The molecule has 8 nitrogen and oxygen atoms in total. The largest absolute Gasteiger partial charge is 0.484 e. The second kappa shape index (κ2) is 9.86. The first-order valence-corrected chi connectivity index (χ1v) is 9.40. The van der Waals surface area contributed by atoms with Crippen LogP contribution in [-0.4, -0.2) is 43.4 Å². The summed E-state index contributed by atoms with van der Waals surface area (Å²) in [5.74, 6) is -2.48. The number of nitrogens with two attached hydrogens (primary N) is 1. The summed E-state index contributed by atoms with van der Waals surface area (Å²) < 4.78 is 15.8. The number of ether oxygens (including phenoxy) is 3. The molecular weight excluding hydrogens is 376 g/mol. The fraction of sp³-hybridized carbons (Fsp3) is 0.429. The van der Waals surface area contributed by atoms with Crippen molar-refractivity contribution in [3.8, 4) is 5.75 Å². The van der Waals surface area contributed by atoms with Crippen molar-refractivity contribution < 1.29 is 28.6 Å². The Morgan fingerprint density at radius 1 is 1.03 bits per heavy atom. The molecule has 8 heteroatoms. The lowest BCUT2D eigenvalue weighted by Crippen LogP contribution is -2.36. The molecule has 0 aliphatic carbocycles. The maximum Gasteiger partial charge on any atom is 0.336 e. The number of carbonyl (C=O) groups excluding carboxylic acids is 3. The number of amides is 1. The molecule has 1 unspecified atom stereocenters. The molecule has 2 N–H and O–H groups in total. The molecule has 0 radical (unpaired) electrons. The maximum atomic E-state index is 12.7. The predicted octanol–water partition coefficient (Wildman–Crippen LogP) is 2.13. The third-order valence-electron chi connectivity index (χ3n) is 4.48. The van der Waals surface area contributed by atoms with Crippen molar-refractivity contribution in [2.45, 2.75) is 33.6 Å². The molecule has 1 aromatic carbocycles. The number of aliphatic imine (C=N–C) groups is 1. The molecule has 29 heavy (non-hydrogen) atoms. The number of esters is 2. The van der Waals surface area contributed by atoms with Gasteiger partial charge in [-0.2, -0.15) is 0 Å². The molecule has 1 aromatic rings. The van der Waals surface area contributed by atoms with E-state index in [4.69, 9.17) is 19.9 Å². The molecule has 0 fully saturated rings. The van der Waals surface area contributed by atoms with E-state index in [2.05, 4.69) is 4.99 Å². The van der Waals surface area contributed by atoms with Crippen molar-refractivity contribution in [2.75, 3.05) is 19.8 Å². The Morgan fingerprint density at radius 3 is 2.21 bits per heavy atom. The number of rotatable bonds is 8. The SMILES string of the molecule is CCOC(=O)C1=C(C)N=C(C)C(C(=O)OCC)[C@H]1c1ccc(OCC(N)=O)cc1. The van der Waals surface area contributed by atoms with Crippen LogP contribution in [0, 0.1) is 5.92 Å². The van der Waals surface area contributed by atoms with Gasteiger partial charge in [-0.1, -0.05) is 12.1 Å². The van der Waals surface area contributed by atoms with Gasteiger partial charge in [0, 0.05) is 17.3 Å². The first-order chi connectivity index (χ1) is 13.8. The normalized spacial score (nSPS) is 18.7. The Hall–Kier alpha value is -3.16. The zero-order valence-corrected chi connectivity index (χ0v) is 17.1. The second-order valence-electron chi connectivity index (χ2n) is 6.50. The first kappa shape index (κ1) is 22.1. The van der Waals surface area contributed by atoms with Gasteiger partial charge >= 0.3 is 11.9 Å². The number of nitrogens with zero attached hydrogens (tertiary/aromatic N) is 1. The van der Waals surface area contributed by atoms with Crippen molar-refractivity contribution in [2.24, 2.45) is 16.6 Å². The van der Waals surface area contributed by atoms with Gasteiger partial charge in [-0.05, 0) is 45.4 Å². The Balaban J connectivity index is 2.49. The minimum absolute atomic E-state index is 0.203. The number of hydrogen-bond acceptors (Lipinski definition) is 7. The van der Waals surface area contributed by atoms with E-state index in [0.29, 0.717) is 28.3 Å². The lowest BCUT2D eigenvalue weighted by molar-refractivity contribution is -0.146. The van der Waals surface area contributed by atoms with Crippen LogP contribution in [-0.2, 0) is 23.9 Å². The van der Waals surface area contributed by atoms with E-state index in [9.17, 15) is 14.4 Å². The van der Waals surface area contributed by atoms with Crippen molar-refractivity contribution in [3.63, 3.8) is 0 Å². The Bertz CT molecular complexity index is 841. The van der Waals surface area contributed by atoms with Crippen LogP contribution in [0.2, 0.25) is 0 Å². The molecule has 156 valence electrons. The minimum atomic E-state index is -0.754. The van der Waals surface area contributed by atoms with E-state index in [0.717, 1.165) is 0 Å². The van der Waals surface area contributed by atoms with Crippen LogP contribution in [0.15, 0.2) is 40.5 Å². The summed E-state index contributed by atoms with van der Waals surface area (Å²) in [6.07, 6.45) is 0. The van der Waals surface area contributed by atoms with Gasteiger partial charge in [-0.3, -0.25) is 14.6 Å². The molecule has 0 saturated carbocycles. The fourth-order valence-electron chi connectivity index (χ4n) is 3.33. The van der Waals surface area contributed by atoms with E-state index in [1.165, 1.54) is 0 Å². The zero-order chi connectivity index (χ0) is 21.6. The number of primary amides is 1. The standard InChI is InChI=1S/C21H26N2O6/c1-5-27-20(25)17-12(3)23-13(4)18(21(26)28-6-2)19(17)14-7-9-15(10-8-14)29-11-16(22)24/h7-10,17,19H,5-6,11H2,1-4H3,(H2,22,24)/t17?,19-/m1/s1. The maximum absolute atomic E-state index is 12.7. The Labute approximate surface area is 169 Å². The molecule has 1 aliphatic rings. The zero-order valence-electron chi connectivity index (χ0n) is 17.1. The summed E-state index contributed by atoms with van der Waals surface area (Å²) in [6, 6.07) is 6.77. The first-order valence-electron chi connectivity index (χ1n) is 9.40. The highest BCUT2D eigenvalue weighted by atomic mass is 16.5. The lowest BCUT2D eigenvalue weighted by Gasteiger charge is -2.31. The van der Waals surface area contributed by atoms with Gasteiger partial charge in [0.1, 0.15) is 11.7 Å². The van der Waals surface area contributed by atoms with E-state index in [1.807, 2.05) is 0 Å². The average Bonchev–Trinajstić information content (AvgIpc) is 2.66. The molecule has 2 rings (SSSR count). The van der Waals surface area contributed by atoms with Crippen molar-refractivity contribution >= 4 is 23.6 Å². The molecule has 1 amide bonds. The molecule has 1 aliphatic heterocycles. The Kier molecular flexibility index (Phi) is 7.52. The van der Waals surface area contributed by atoms with Crippen LogP contribution in [0.25, 0.3) is 0 Å². The highest BCUT2D eigenvalue weighted by molar-refractivity contribution is 6.07. The van der Waals surface area contributed by atoms with Gasteiger partial charge in [0.15, 0.2) is 6.61 Å². The summed E-state index contributed by atoms with van der Waals surface area (Å²) in [7, 11) is 0. The van der Waals surface area contributed by atoms with Crippen molar-refractivity contribution in [1.82, 2.24) is 0 Å². The highest BCUT2D eigenvalue weighted by Gasteiger charge is 2.42. The number of carbonyl (C=O) groups is 3. The second-order valence-corrected chi connectivity index (χ2v) is 6.50. The average molecular weight is 402 g/mol. The van der Waals surface area contributed by atoms with Gasteiger partial charge in [-0.25, -0.2) is 4.79 Å². The topological polar surface area (TPSA) is 117 Å². The van der Waals surface area contributed by atoms with Gasteiger partial charge in [0.05, 0.1) is 18.8 Å². The Morgan fingerprint density at radius 2 is 1.66 bits per heavy atom. The summed E-state index contributed by atoms with van der Waals surface area (Å²) in [6.45, 7) is 7.07. The number of hydrogen-bond donors (Lipinski definition) is 1. The van der Waals surface area contributed by atoms with Crippen molar-refractivity contribution in [3.05, 3.63) is 41.1 Å². The monoisotopic (exact) mass is 402 g/mol. The smallest absolute Gasteiger partial charge is 0.336 e. The van der Waals surface area contributed by atoms with Crippen LogP contribution in [0.5, 0.6) is 5.75 Å². The minimum Gasteiger partial charge on any atom is -0.484 e. The predicted molar refractivity (Wildman–Crippen MR) is 106 cm³/mol. The quantitative estimate of drug-likeness (QED) is 0.666. The van der Waals surface area contributed by atoms with E-state index >= 15 is 0 Å². The molecule has 0 bridgehead atoms. The molecule has 0 saturated heterocycles. The summed E-state index contributed by atoms with van der Waals surface area (Å²) in [5, 5.41) is 0. The summed E-state index contributed by atoms with van der Waals surface area (Å²) >= 11 is 0. The summed E-state index contributed by atoms with van der Waals surface area (Å²) in [4.78, 5) is 40.7. The molecular formula is C21H26N2O6. The van der Waals surface area contributed by atoms with E-state index in [1.54, 1.807) is 52.0 Å². The van der Waals surface area contributed by atoms with Gasteiger partial charge in [0.2, 0.25) is 0 Å². The van der Waals surface area contributed by atoms with E-state index in [-0.39, 0.29) is 19.8 Å². The number of allylic oxidation sites excluding steroid dienone is 1. The van der Waals surface area contributed by atoms with Crippen LogP contribution < -0.4 is 10.5 Å². The molecule has 0 aromatic heterocycles. The number of benzene rings is 1. The van der Waals surface area contributed by atoms with Crippen LogP contribution >= 0.6 is 0 Å². The third kappa shape index (κ3) is 5.22. The molecule has 1 heterocycles.